The Morgan fingerprint density at radius 1 is 1.12 bits per heavy atom. The van der Waals surface area contributed by atoms with Gasteiger partial charge in [0.2, 0.25) is 11.8 Å². The van der Waals surface area contributed by atoms with Gasteiger partial charge < -0.3 is 24.2 Å². The second-order valence-electron chi connectivity index (χ2n) is 8.82. The normalized spacial score (nSPS) is 26.3. The van der Waals surface area contributed by atoms with Gasteiger partial charge in [0.1, 0.15) is 5.82 Å². The number of amides is 2. The largest absolute Gasteiger partial charge is 0.396 e. The molecule has 174 valence electrons. The number of hydrogen-bond acceptors (Lipinski definition) is 5. The van der Waals surface area contributed by atoms with Crippen LogP contribution in [0.5, 0.6) is 0 Å². The molecule has 3 aliphatic heterocycles. The van der Waals surface area contributed by atoms with Crippen molar-refractivity contribution in [3.63, 3.8) is 0 Å². The Kier molecular flexibility index (Phi) is 5.54. The van der Waals surface area contributed by atoms with Crippen LogP contribution in [0, 0.1) is 17.7 Å². The van der Waals surface area contributed by atoms with Crippen LogP contribution in [0.1, 0.15) is 18.7 Å². The van der Waals surface area contributed by atoms with Gasteiger partial charge in [0.05, 0.1) is 36.8 Å². The van der Waals surface area contributed by atoms with E-state index in [9.17, 15) is 23.9 Å². The van der Waals surface area contributed by atoms with Crippen LogP contribution in [0.25, 0.3) is 11.1 Å². The molecule has 2 amide bonds. The van der Waals surface area contributed by atoms with E-state index in [2.05, 4.69) is 0 Å². The minimum Gasteiger partial charge on any atom is -0.396 e. The molecule has 1 aromatic carbocycles. The Morgan fingerprint density at radius 2 is 1.85 bits per heavy atom. The van der Waals surface area contributed by atoms with Crippen LogP contribution in [0.15, 0.2) is 41.2 Å². The summed E-state index contributed by atoms with van der Waals surface area (Å²) in [6.07, 6.45) is 0. The van der Waals surface area contributed by atoms with Gasteiger partial charge in [-0.25, -0.2) is 4.39 Å². The van der Waals surface area contributed by atoms with Crippen molar-refractivity contribution in [2.24, 2.45) is 11.8 Å². The Morgan fingerprint density at radius 3 is 2.52 bits per heavy atom. The first-order valence-corrected chi connectivity index (χ1v) is 11.2. The molecular formula is C24H26FN3O5. The average molecular weight is 455 g/mol. The standard InChI is InChI=1S/C24H26FN3O5/c1-14(30)28-20-12-27-19(7-6-16(23(27)31)15-4-2-3-5-18(15)25)22(28)21(17(20)13-29)24(32)26-8-10-33-11-9-26/h2-7,17,20-22,29H,8-13H2,1H3/t17-,20-,21+,22+/m0/s1. The molecule has 8 nitrogen and oxygen atoms in total. The van der Waals surface area contributed by atoms with E-state index >= 15 is 0 Å². The van der Waals surface area contributed by atoms with Crippen molar-refractivity contribution < 1.29 is 23.8 Å². The summed E-state index contributed by atoms with van der Waals surface area (Å²) in [6, 6.07) is 8.19. The van der Waals surface area contributed by atoms with Crippen LogP contribution >= 0.6 is 0 Å². The average Bonchev–Trinajstić information content (AvgIpc) is 3.07. The highest BCUT2D eigenvalue weighted by Crippen LogP contribution is 2.49. The SMILES string of the molecule is CC(=O)N1[C@@H]2c3ccc(-c4ccccc4F)c(=O)n3C[C@H]1[C@H](CO)[C@H]2C(=O)N1CCOCC1. The number of nitrogens with zero attached hydrogens (tertiary/aromatic N) is 3. The van der Waals surface area contributed by atoms with Crippen molar-refractivity contribution in [2.45, 2.75) is 25.6 Å². The third kappa shape index (κ3) is 3.38. The highest BCUT2D eigenvalue weighted by Gasteiger charge is 2.57. The van der Waals surface area contributed by atoms with Crippen molar-refractivity contribution in [3.8, 4) is 11.1 Å². The van der Waals surface area contributed by atoms with Gasteiger partial charge in [0.15, 0.2) is 0 Å². The first-order chi connectivity index (χ1) is 15.9. The van der Waals surface area contributed by atoms with Crippen LogP contribution in [0.3, 0.4) is 0 Å². The highest BCUT2D eigenvalue weighted by molar-refractivity contribution is 5.84. The number of aromatic nitrogens is 1. The fraction of sp³-hybridized carbons (Fsp3) is 0.458. The van der Waals surface area contributed by atoms with Crippen LogP contribution in [0.2, 0.25) is 0 Å². The quantitative estimate of drug-likeness (QED) is 0.746. The third-order valence-corrected chi connectivity index (χ3v) is 7.18. The third-order valence-electron chi connectivity index (χ3n) is 7.18. The molecule has 2 aromatic rings. The molecule has 33 heavy (non-hydrogen) atoms. The molecule has 0 radical (unpaired) electrons. The molecule has 4 heterocycles. The lowest BCUT2D eigenvalue weighted by atomic mass is 9.86. The summed E-state index contributed by atoms with van der Waals surface area (Å²) < 4.78 is 21.3. The molecule has 0 aliphatic carbocycles. The molecule has 3 aliphatic rings. The molecule has 0 saturated carbocycles. The maximum absolute atomic E-state index is 14.4. The number of benzene rings is 1. The van der Waals surface area contributed by atoms with Gasteiger partial charge in [-0.3, -0.25) is 14.4 Å². The number of carbonyl (C=O) groups is 2. The number of aliphatic hydroxyl groups is 1. The lowest BCUT2D eigenvalue weighted by molar-refractivity contribution is -0.143. The summed E-state index contributed by atoms with van der Waals surface area (Å²) >= 11 is 0. The first kappa shape index (κ1) is 21.8. The topological polar surface area (TPSA) is 92.1 Å². The van der Waals surface area contributed by atoms with Gasteiger partial charge in [-0.2, -0.15) is 0 Å². The Hall–Kier alpha value is -3.04. The summed E-state index contributed by atoms with van der Waals surface area (Å²) in [7, 11) is 0. The fourth-order valence-electron chi connectivity index (χ4n) is 5.70. The molecule has 2 saturated heterocycles. The number of rotatable bonds is 3. The monoisotopic (exact) mass is 455 g/mol. The zero-order valence-corrected chi connectivity index (χ0v) is 18.3. The van der Waals surface area contributed by atoms with Crippen LogP contribution in [-0.4, -0.2) is 70.2 Å². The van der Waals surface area contributed by atoms with E-state index in [1.54, 1.807) is 44.7 Å². The second kappa shape index (κ2) is 8.39. The van der Waals surface area contributed by atoms with Gasteiger partial charge in [-0.15, -0.1) is 0 Å². The van der Waals surface area contributed by atoms with Gasteiger partial charge in [-0.1, -0.05) is 18.2 Å². The van der Waals surface area contributed by atoms with E-state index < -0.39 is 29.7 Å². The maximum Gasteiger partial charge on any atom is 0.258 e. The van der Waals surface area contributed by atoms with Crippen LogP contribution in [-0.2, 0) is 20.9 Å². The lowest BCUT2D eigenvalue weighted by Gasteiger charge is -2.38. The van der Waals surface area contributed by atoms with E-state index in [0.29, 0.717) is 32.0 Å². The Bertz CT molecular complexity index is 1160. The number of ether oxygens (including phenoxy) is 1. The number of aliphatic hydroxyl groups excluding tert-OH is 1. The summed E-state index contributed by atoms with van der Waals surface area (Å²) in [6.45, 7) is 3.08. The molecular weight excluding hydrogens is 429 g/mol. The molecule has 1 aromatic heterocycles. The van der Waals surface area contributed by atoms with Crippen molar-refractivity contribution in [2.75, 3.05) is 32.9 Å². The molecule has 4 atom stereocenters. The predicted molar refractivity (Wildman–Crippen MR) is 117 cm³/mol. The summed E-state index contributed by atoms with van der Waals surface area (Å²) in [5.74, 6) is -2.03. The zero-order valence-electron chi connectivity index (χ0n) is 18.3. The van der Waals surface area contributed by atoms with Crippen molar-refractivity contribution in [1.82, 2.24) is 14.4 Å². The predicted octanol–water partition coefficient (Wildman–Crippen LogP) is 1.02. The molecule has 0 unspecified atom stereocenters. The van der Waals surface area contributed by atoms with Crippen LogP contribution < -0.4 is 5.56 Å². The lowest BCUT2D eigenvalue weighted by Crippen LogP contribution is -2.49. The number of morpholine rings is 1. The van der Waals surface area contributed by atoms with E-state index in [0.717, 1.165) is 0 Å². The molecule has 2 bridgehead atoms. The summed E-state index contributed by atoms with van der Waals surface area (Å²) in [5.41, 5.74) is 0.601. The van der Waals surface area contributed by atoms with Crippen molar-refractivity contribution >= 4 is 11.8 Å². The maximum atomic E-state index is 14.4. The van der Waals surface area contributed by atoms with Crippen molar-refractivity contribution in [1.29, 1.82) is 0 Å². The van der Waals surface area contributed by atoms with E-state index in [1.165, 1.54) is 13.0 Å². The highest BCUT2D eigenvalue weighted by atomic mass is 19.1. The van der Waals surface area contributed by atoms with E-state index in [-0.39, 0.29) is 41.7 Å². The van der Waals surface area contributed by atoms with Gasteiger partial charge in [0, 0.05) is 50.3 Å². The van der Waals surface area contributed by atoms with E-state index in [4.69, 9.17) is 4.74 Å². The summed E-state index contributed by atoms with van der Waals surface area (Å²) in [5, 5.41) is 10.3. The van der Waals surface area contributed by atoms with Crippen molar-refractivity contribution in [3.05, 3.63) is 58.3 Å². The zero-order chi connectivity index (χ0) is 23.3. The molecule has 0 spiro atoms. The molecule has 2 fully saturated rings. The Balaban J connectivity index is 1.63. The molecule has 5 rings (SSSR count). The summed E-state index contributed by atoms with van der Waals surface area (Å²) in [4.78, 5) is 43.1. The van der Waals surface area contributed by atoms with Gasteiger partial charge in [-0.05, 0) is 18.2 Å². The number of pyridine rings is 1. The van der Waals surface area contributed by atoms with Gasteiger partial charge >= 0.3 is 0 Å². The number of carbonyl (C=O) groups excluding carboxylic acids is 2. The minimum absolute atomic E-state index is 0.143. The van der Waals surface area contributed by atoms with E-state index in [1.807, 2.05) is 0 Å². The number of halogens is 1. The molecule has 1 N–H and O–H groups in total. The Labute approximate surface area is 190 Å². The number of fused-ring (bicyclic) bond motifs is 4. The first-order valence-electron chi connectivity index (χ1n) is 11.2. The van der Waals surface area contributed by atoms with Crippen LogP contribution in [0.4, 0.5) is 4.39 Å². The smallest absolute Gasteiger partial charge is 0.258 e. The fourth-order valence-corrected chi connectivity index (χ4v) is 5.70. The second-order valence-corrected chi connectivity index (χ2v) is 8.82. The van der Waals surface area contributed by atoms with Gasteiger partial charge in [0.25, 0.3) is 5.56 Å². The number of hydrogen-bond donors (Lipinski definition) is 1. The molecule has 9 heteroatoms. The minimum atomic E-state index is -0.672.